The average molecular weight is 496 g/mol. The molecule has 1 fully saturated rings. The van der Waals surface area contributed by atoms with Crippen molar-refractivity contribution in [1.82, 2.24) is 24.6 Å². The molecule has 2 heterocycles. The maximum Gasteiger partial charge on any atom is 0.233 e. The number of hydrogen-bond donors (Lipinski definition) is 0. The Balaban J connectivity index is 1.29. The zero-order valence-corrected chi connectivity index (χ0v) is 21.9. The third-order valence-electron chi connectivity index (χ3n) is 6.40. The first-order valence-electron chi connectivity index (χ1n) is 11.7. The highest BCUT2D eigenvalue weighted by Gasteiger charge is 2.23. The fourth-order valence-electron chi connectivity index (χ4n) is 4.28. The van der Waals surface area contributed by atoms with Crippen LogP contribution in [0.25, 0.3) is 11.4 Å². The Hall–Kier alpha value is -3.04. The maximum atomic E-state index is 12.9. The van der Waals surface area contributed by atoms with Gasteiger partial charge >= 0.3 is 0 Å². The van der Waals surface area contributed by atoms with Crippen molar-refractivity contribution in [3.8, 4) is 22.9 Å². The lowest BCUT2D eigenvalue weighted by Gasteiger charge is -2.35. The van der Waals surface area contributed by atoms with Crippen molar-refractivity contribution >= 4 is 17.7 Å². The predicted octanol–water partition coefficient (Wildman–Crippen LogP) is 3.55. The van der Waals surface area contributed by atoms with Gasteiger partial charge in [-0.25, -0.2) is 0 Å². The minimum Gasteiger partial charge on any atom is -0.493 e. The van der Waals surface area contributed by atoms with Gasteiger partial charge in [-0.2, -0.15) is 0 Å². The van der Waals surface area contributed by atoms with E-state index in [9.17, 15) is 4.79 Å². The molecule has 3 aromatic rings. The van der Waals surface area contributed by atoms with Crippen LogP contribution in [-0.4, -0.2) is 76.6 Å². The highest BCUT2D eigenvalue weighted by molar-refractivity contribution is 7.99. The molecule has 186 valence electrons. The van der Waals surface area contributed by atoms with Gasteiger partial charge in [-0.15, -0.1) is 10.2 Å². The van der Waals surface area contributed by atoms with Crippen LogP contribution < -0.4 is 9.47 Å². The van der Waals surface area contributed by atoms with Crippen molar-refractivity contribution in [3.63, 3.8) is 0 Å². The number of carbonyl (C=O) groups is 1. The second-order valence-corrected chi connectivity index (χ2v) is 9.76. The molecule has 0 radical (unpaired) electrons. The van der Waals surface area contributed by atoms with E-state index in [1.54, 1.807) is 14.2 Å². The third-order valence-corrected chi connectivity index (χ3v) is 7.40. The highest BCUT2D eigenvalue weighted by Crippen LogP contribution is 2.31. The van der Waals surface area contributed by atoms with Crippen LogP contribution >= 0.6 is 11.8 Å². The predicted molar refractivity (Wildman–Crippen MR) is 138 cm³/mol. The molecule has 1 aliphatic heterocycles. The molecular formula is C26H33N5O3S. The molecule has 1 aliphatic rings. The Labute approximate surface area is 211 Å². The zero-order chi connectivity index (χ0) is 24.9. The van der Waals surface area contributed by atoms with E-state index in [0.717, 1.165) is 60.8 Å². The van der Waals surface area contributed by atoms with Crippen LogP contribution in [0.3, 0.4) is 0 Å². The molecule has 9 heteroatoms. The van der Waals surface area contributed by atoms with E-state index >= 15 is 0 Å². The molecule has 1 saturated heterocycles. The third kappa shape index (κ3) is 5.79. The molecular weight excluding hydrogens is 462 g/mol. The number of benzene rings is 2. The lowest BCUT2D eigenvalue weighted by Crippen LogP contribution is -2.48. The second-order valence-electron chi connectivity index (χ2n) is 8.81. The molecule has 0 bridgehead atoms. The number of thioether (sulfide) groups is 1. The van der Waals surface area contributed by atoms with E-state index in [0.29, 0.717) is 5.75 Å². The van der Waals surface area contributed by atoms with Gasteiger partial charge in [0.25, 0.3) is 0 Å². The second kappa shape index (κ2) is 11.1. The van der Waals surface area contributed by atoms with Crippen LogP contribution in [0, 0.1) is 13.8 Å². The van der Waals surface area contributed by atoms with E-state index in [2.05, 4.69) is 41.1 Å². The molecule has 1 aromatic heterocycles. The lowest BCUT2D eigenvalue weighted by molar-refractivity contribution is -0.130. The van der Waals surface area contributed by atoms with Gasteiger partial charge in [-0.05, 0) is 43.2 Å². The molecule has 0 aliphatic carbocycles. The van der Waals surface area contributed by atoms with Gasteiger partial charge in [-0.3, -0.25) is 9.69 Å². The fraction of sp³-hybridized carbons (Fsp3) is 0.423. The smallest absolute Gasteiger partial charge is 0.233 e. The van der Waals surface area contributed by atoms with E-state index in [1.807, 2.05) is 40.8 Å². The number of aryl methyl sites for hydroxylation is 2. The first kappa shape index (κ1) is 25.1. The largest absolute Gasteiger partial charge is 0.493 e. The number of piperazine rings is 1. The maximum absolute atomic E-state index is 12.9. The number of hydrogen-bond acceptors (Lipinski definition) is 7. The molecule has 0 unspecified atom stereocenters. The molecule has 0 atom stereocenters. The standard InChI is InChI=1S/C26H33N5O3S/c1-18-7-6-8-20(13-18)25-27-28-26(29(25)3)35-17-24(32)31-11-9-30(10-12-31)16-21-15-23(34-5)22(33-4)14-19(21)2/h6-8,13-15H,9-12,16-17H2,1-5H3. The Morgan fingerprint density at radius 2 is 1.71 bits per heavy atom. The molecule has 0 N–H and O–H groups in total. The molecule has 0 saturated carbocycles. The Kier molecular flexibility index (Phi) is 7.97. The normalized spacial score (nSPS) is 14.3. The van der Waals surface area contributed by atoms with Gasteiger partial charge in [0.1, 0.15) is 0 Å². The molecule has 4 rings (SSSR count). The number of nitrogens with zero attached hydrogens (tertiary/aromatic N) is 5. The van der Waals surface area contributed by atoms with Crippen molar-refractivity contribution < 1.29 is 14.3 Å². The Morgan fingerprint density at radius 3 is 2.40 bits per heavy atom. The van der Waals surface area contributed by atoms with Crippen molar-refractivity contribution in [3.05, 3.63) is 53.1 Å². The summed E-state index contributed by atoms with van der Waals surface area (Å²) in [7, 11) is 5.25. The number of methoxy groups -OCH3 is 2. The first-order valence-corrected chi connectivity index (χ1v) is 12.7. The minimum atomic E-state index is 0.136. The van der Waals surface area contributed by atoms with Gasteiger partial charge in [0.15, 0.2) is 22.5 Å². The summed E-state index contributed by atoms with van der Waals surface area (Å²) in [5.74, 6) is 2.79. The van der Waals surface area contributed by atoms with E-state index in [4.69, 9.17) is 9.47 Å². The monoisotopic (exact) mass is 495 g/mol. The fourth-order valence-corrected chi connectivity index (χ4v) is 5.10. The van der Waals surface area contributed by atoms with Crippen molar-refractivity contribution in [2.75, 3.05) is 46.2 Å². The quantitative estimate of drug-likeness (QED) is 0.443. The number of amides is 1. The number of rotatable bonds is 8. The summed E-state index contributed by atoms with van der Waals surface area (Å²) in [5, 5.41) is 9.40. The molecule has 0 spiro atoms. The zero-order valence-electron chi connectivity index (χ0n) is 21.1. The van der Waals surface area contributed by atoms with E-state index < -0.39 is 0 Å². The van der Waals surface area contributed by atoms with Crippen molar-refractivity contribution in [1.29, 1.82) is 0 Å². The van der Waals surface area contributed by atoms with Gasteiger partial charge in [0, 0.05) is 45.3 Å². The van der Waals surface area contributed by atoms with Gasteiger partial charge in [0.2, 0.25) is 5.91 Å². The van der Waals surface area contributed by atoms with Gasteiger partial charge in [0.05, 0.1) is 20.0 Å². The van der Waals surface area contributed by atoms with Crippen LogP contribution in [0.4, 0.5) is 0 Å². The van der Waals surface area contributed by atoms with Crippen LogP contribution in [0.5, 0.6) is 11.5 Å². The van der Waals surface area contributed by atoms with E-state index in [-0.39, 0.29) is 5.91 Å². The summed E-state index contributed by atoms with van der Waals surface area (Å²) < 4.78 is 12.8. The SMILES string of the molecule is COc1cc(C)c(CN2CCN(C(=O)CSc3nnc(-c4cccc(C)c4)n3C)CC2)cc1OC. The molecule has 35 heavy (non-hydrogen) atoms. The Bertz CT molecular complexity index is 1190. The number of ether oxygens (including phenoxy) is 2. The van der Waals surface area contributed by atoms with Crippen molar-refractivity contribution in [2.24, 2.45) is 7.05 Å². The summed E-state index contributed by atoms with van der Waals surface area (Å²) in [6, 6.07) is 12.3. The van der Waals surface area contributed by atoms with Crippen molar-refractivity contribution in [2.45, 2.75) is 25.5 Å². The average Bonchev–Trinajstić information content (AvgIpc) is 3.24. The molecule has 1 amide bonds. The summed E-state index contributed by atoms with van der Waals surface area (Å²) in [4.78, 5) is 17.2. The first-order chi connectivity index (χ1) is 16.9. The van der Waals surface area contributed by atoms with Crippen LogP contribution in [-0.2, 0) is 18.4 Å². The molecule has 8 nitrogen and oxygen atoms in total. The van der Waals surface area contributed by atoms with Crippen LogP contribution in [0.15, 0.2) is 41.6 Å². The van der Waals surface area contributed by atoms with Crippen LogP contribution in [0.2, 0.25) is 0 Å². The number of carbonyl (C=O) groups excluding carboxylic acids is 1. The lowest BCUT2D eigenvalue weighted by atomic mass is 10.1. The topological polar surface area (TPSA) is 72.7 Å². The summed E-state index contributed by atoms with van der Waals surface area (Å²) in [6.45, 7) is 8.09. The van der Waals surface area contributed by atoms with Gasteiger partial charge in [-0.1, -0.05) is 35.5 Å². The summed E-state index contributed by atoms with van der Waals surface area (Å²) in [6.07, 6.45) is 0. The molecule has 2 aromatic carbocycles. The highest BCUT2D eigenvalue weighted by atomic mass is 32.2. The van der Waals surface area contributed by atoms with Gasteiger partial charge < -0.3 is 18.9 Å². The number of aromatic nitrogens is 3. The summed E-state index contributed by atoms with van der Waals surface area (Å²) >= 11 is 1.44. The Morgan fingerprint density at radius 1 is 1.00 bits per heavy atom. The van der Waals surface area contributed by atoms with Crippen LogP contribution in [0.1, 0.15) is 16.7 Å². The minimum absolute atomic E-state index is 0.136. The summed E-state index contributed by atoms with van der Waals surface area (Å²) in [5.41, 5.74) is 4.59. The van der Waals surface area contributed by atoms with E-state index in [1.165, 1.54) is 28.5 Å².